The molecule has 1 aliphatic rings. The standard InChI is InChI=1S/C28H39N7O3/c1-6-7-19(4)30-25-24-22(31-28(29)32-25)10-11-35(27(24)37)17-21-9-8-20(16-23(21)38-5)26(36)34-14-12-33(13-15-34)18(2)3/h8-11,16,18-19H,6-7,12-15,17H2,1-5H3,(H3,29,30,31,32)/t19-/m1/s1. The first-order valence-corrected chi connectivity index (χ1v) is 13.3. The molecular weight excluding hydrogens is 482 g/mol. The summed E-state index contributed by atoms with van der Waals surface area (Å²) < 4.78 is 7.24. The second-order valence-electron chi connectivity index (χ2n) is 10.2. The predicted molar refractivity (Wildman–Crippen MR) is 151 cm³/mol. The average Bonchev–Trinajstić information content (AvgIpc) is 2.90. The van der Waals surface area contributed by atoms with E-state index in [1.54, 1.807) is 30.0 Å². The second kappa shape index (κ2) is 11.8. The van der Waals surface area contributed by atoms with Gasteiger partial charge in [0.1, 0.15) is 17.0 Å². The zero-order valence-electron chi connectivity index (χ0n) is 23.0. The van der Waals surface area contributed by atoms with E-state index in [9.17, 15) is 9.59 Å². The number of methoxy groups -OCH3 is 1. The SMILES string of the molecule is CCC[C@@H](C)Nc1nc(N)nc2ccn(Cc3ccc(C(=O)N4CCN(C(C)C)CC4)cc3OC)c(=O)c12. The van der Waals surface area contributed by atoms with Crippen LogP contribution in [-0.2, 0) is 6.54 Å². The van der Waals surface area contributed by atoms with E-state index >= 15 is 0 Å². The third-order valence-corrected chi connectivity index (χ3v) is 7.15. The van der Waals surface area contributed by atoms with Crippen LogP contribution < -0.4 is 21.3 Å². The molecule has 3 aromatic rings. The number of aromatic nitrogens is 3. The number of amides is 1. The number of hydrogen-bond donors (Lipinski definition) is 2. The number of nitrogens with two attached hydrogens (primary N) is 1. The maximum Gasteiger partial charge on any atom is 0.264 e. The van der Waals surface area contributed by atoms with Crippen LogP contribution in [0.25, 0.3) is 10.9 Å². The summed E-state index contributed by atoms with van der Waals surface area (Å²) in [6.45, 7) is 11.9. The Labute approximate surface area is 223 Å². The number of fused-ring (bicyclic) bond motifs is 1. The van der Waals surface area contributed by atoms with Gasteiger partial charge < -0.3 is 25.3 Å². The van der Waals surface area contributed by atoms with Crippen molar-refractivity contribution in [3.8, 4) is 5.75 Å². The molecule has 0 saturated carbocycles. The van der Waals surface area contributed by atoms with Gasteiger partial charge >= 0.3 is 0 Å². The number of benzene rings is 1. The van der Waals surface area contributed by atoms with Gasteiger partial charge in [0.25, 0.3) is 11.5 Å². The van der Waals surface area contributed by atoms with Gasteiger partial charge in [0.15, 0.2) is 0 Å². The Morgan fingerprint density at radius 2 is 1.87 bits per heavy atom. The quantitative estimate of drug-likeness (QED) is 0.441. The Morgan fingerprint density at radius 1 is 1.13 bits per heavy atom. The zero-order valence-corrected chi connectivity index (χ0v) is 23.0. The number of nitrogen functional groups attached to an aromatic ring is 1. The number of hydrogen-bond acceptors (Lipinski definition) is 8. The Morgan fingerprint density at radius 3 is 2.53 bits per heavy atom. The van der Waals surface area contributed by atoms with Gasteiger partial charge in [-0.1, -0.05) is 19.4 Å². The molecule has 204 valence electrons. The van der Waals surface area contributed by atoms with Crippen molar-refractivity contribution in [2.45, 2.75) is 59.2 Å². The molecule has 3 N–H and O–H groups in total. The van der Waals surface area contributed by atoms with Crippen molar-refractivity contribution >= 4 is 28.6 Å². The highest BCUT2D eigenvalue weighted by Crippen LogP contribution is 2.24. The highest BCUT2D eigenvalue weighted by Gasteiger charge is 2.24. The van der Waals surface area contributed by atoms with Crippen LogP contribution in [0.15, 0.2) is 35.3 Å². The van der Waals surface area contributed by atoms with Gasteiger partial charge in [-0.3, -0.25) is 14.5 Å². The highest BCUT2D eigenvalue weighted by molar-refractivity contribution is 5.95. The van der Waals surface area contributed by atoms with Crippen LogP contribution in [-0.4, -0.2) is 75.6 Å². The fourth-order valence-electron chi connectivity index (χ4n) is 4.98. The van der Waals surface area contributed by atoms with Crippen molar-refractivity contribution in [2.24, 2.45) is 0 Å². The number of carbonyl (C=O) groups excluding carboxylic acids is 1. The average molecular weight is 522 g/mol. The van der Waals surface area contributed by atoms with Gasteiger partial charge in [-0.2, -0.15) is 4.98 Å². The lowest BCUT2D eigenvalue weighted by molar-refractivity contribution is 0.0595. The maximum absolute atomic E-state index is 13.6. The lowest BCUT2D eigenvalue weighted by Gasteiger charge is -2.37. The van der Waals surface area contributed by atoms with Crippen LogP contribution in [0.5, 0.6) is 5.75 Å². The number of ether oxygens (including phenoxy) is 1. The van der Waals surface area contributed by atoms with E-state index in [4.69, 9.17) is 10.5 Å². The summed E-state index contributed by atoms with van der Waals surface area (Å²) in [6, 6.07) is 7.80. The first-order valence-electron chi connectivity index (χ1n) is 13.3. The lowest BCUT2D eigenvalue weighted by Crippen LogP contribution is -2.50. The first-order chi connectivity index (χ1) is 18.2. The maximum atomic E-state index is 13.6. The molecule has 0 bridgehead atoms. The molecule has 4 rings (SSSR count). The normalized spacial score (nSPS) is 15.2. The lowest BCUT2D eigenvalue weighted by atomic mass is 10.1. The van der Waals surface area contributed by atoms with Crippen molar-refractivity contribution in [3.63, 3.8) is 0 Å². The Balaban J connectivity index is 1.59. The number of piperazine rings is 1. The minimum Gasteiger partial charge on any atom is -0.496 e. The molecule has 1 fully saturated rings. The van der Waals surface area contributed by atoms with E-state index in [-0.39, 0.29) is 30.0 Å². The summed E-state index contributed by atoms with van der Waals surface area (Å²) >= 11 is 0. The van der Waals surface area contributed by atoms with Crippen molar-refractivity contribution in [2.75, 3.05) is 44.3 Å². The molecule has 1 saturated heterocycles. The van der Waals surface area contributed by atoms with E-state index in [2.05, 4.69) is 41.0 Å². The Bertz CT molecular complexity index is 1350. The predicted octanol–water partition coefficient (Wildman–Crippen LogP) is 3.20. The smallest absolute Gasteiger partial charge is 0.264 e. The van der Waals surface area contributed by atoms with Gasteiger partial charge in [-0.15, -0.1) is 0 Å². The molecule has 38 heavy (non-hydrogen) atoms. The van der Waals surface area contributed by atoms with Gasteiger partial charge in [0.05, 0.1) is 19.2 Å². The highest BCUT2D eigenvalue weighted by atomic mass is 16.5. The van der Waals surface area contributed by atoms with E-state index in [0.717, 1.165) is 31.5 Å². The molecule has 1 amide bonds. The van der Waals surface area contributed by atoms with Crippen LogP contribution >= 0.6 is 0 Å². The summed E-state index contributed by atoms with van der Waals surface area (Å²) in [4.78, 5) is 39.6. The van der Waals surface area contributed by atoms with E-state index in [1.165, 1.54) is 0 Å². The molecular formula is C28H39N7O3. The number of pyridine rings is 1. The number of carbonyl (C=O) groups is 1. The third-order valence-electron chi connectivity index (χ3n) is 7.15. The van der Waals surface area contributed by atoms with Gasteiger partial charge in [-0.25, -0.2) is 4.98 Å². The second-order valence-corrected chi connectivity index (χ2v) is 10.2. The number of nitrogens with zero attached hydrogens (tertiary/aromatic N) is 5. The monoisotopic (exact) mass is 521 g/mol. The molecule has 10 nitrogen and oxygen atoms in total. The molecule has 0 aliphatic carbocycles. The van der Waals surface area contributed by atoms with Gasteiger partial charge in [0.2, 0.25) is 5.95 Å². The molecule has 3 heterocycles. The fourth-order valence-corrected chi connectivity index (χ4v) is 4.98. The molecule has 0 unspecified atom stereocenters. The first kappa shape index (κ1) is 27.4. The molecule has 0 radical (unpaired) electrons. The molecule has 1 aromatic carbocycles. The minimum absolute atomic E-state index is 0.00668. The summed E-state index contributed by atoms with van der Waals surface area (Å²) in [5, 5.41) is 3.73. The molecule has 10 heteroatoms. The Kier molecular flexibility index (Phi) is 8.51. The van der Waals surface area contributed by atoms with Crippen LogP contribution in [0.1, 0.15) is 56.5 Å². The minimum atomic E-state index is -0.223. The number of rotatable bonds is 9. The van der Waals surface area contributed by atoms with Crippen molar-refractivity contribution in [3.05, 3.63) is 51.9 Å². The number of anilines is 2. The molecule has 1 atom stereocenters. The van der Waals surface area contributed by atoms with Crippen LogP contribution in [0, 0.1) is 0 Å². The van der Waals surface area contributed by atoms with Crippen LogP contribution in [0.3, 0.4) is 0 Å². The van der Waals surface area contributed by atoms with Crippen molar-refractivity contribution in [1.29, 1.82) is 0 Å². The molecule has 2 aromatic heterocycles. The van der Waals surface area contributed by atoms with Crippen LogP contribution in [0.2, 0.25) is 0 Å². The largest absolute Gasteiger partial charge is 0.496 e. The van der Waals surface area contributed by atoms with E-state index in [0.29, 0.717) is 47.2 Å². The van der Waals surface area contributed by atoms with E-state index in [1.807, 2.05) is 24.0 Å². The van der Waals surface area contributed by atoms with Crippen molar-refractivity contribution in [1.82, 2.24) is 24.3 Å². The summed E-state index contributed by atoms with van der Waals surface area (Å²) in [6.07, 6.45) is 3.63. The van der Waals surface area contributed by atoms with Gasteiger partial charge in [0, 0.05) is 55.6 Å². The zero-order chi connectivity index (χ0) is 27.4. The summed E-state index contributed by atoms with van der Waals surface area (Å²) in [7, 11) is 1.57. The molecule has 1 aliphatic heterocycles. The van der Waals surface area contributed by atoms with Gasteiger partial charge in [-0.05, 0) is 45.4 Å². The van der Waals surface area contributed by atoms with Crippen LogP contribution in [0.4, 0.5) is 11.8 Å². The van der Waals surface area contributed by atoms with Crippen molar-refractivity contribution < 1.29 is 9.53 Å². The number of nitrogens with one attached hydrogen (secondary N) is 1. The van der Waals surface area contributed by atoms with E-state index < -0.39 is 0 Å². The molecule has 0 spiro atoms. The summed E-state index contributed by atoms with van der Waals surface area (Å²) in [5.41, 5.74) is 7.56. The summed E-state index contributed by atoms with van der Waals surface area (Å²) in [5.74, 6) is 1.12. The Hall–Kier alpha value is -3.66. The fraction of sp³-hybridized carbons (Fsp3) is 0.500. The topological polar surface area (TPSA) is 119 Å². The third kappa shape index (κ3) is 5.91.